The predicted octanol–water partition coefficient (Wildman–Crippen LogP) is 6.87. The van der Waals surface area contributed by atoms with E-state index in [1.165, 1.54) is 0 Å². The number of benzene rings is 3. The molecule has 0 radical (unpaired) electrons. The first kappa shape index (κ1) is 24.2. The van der Waals surface area contributed by atoms with Gasteiger partial charge in [-0.2, -0.15) is 5.10 Å². The molecule has 0 aromatic heterocycles. The van der Waals surface area contributed by atoms with E-state index in [9.17, 15) is 0 Å². The molecule has 3 aromatic rings. The largest absolute Gasteiger partial charge is 0.496 e. The fraction of sp³-hybridized carbons (Fsp3) is 0.208. The van der Waals surface area contributed by atoms with Crippen molar-refractivity contribution in [1.29, 1.82) is 0 Å². The summed E-state index contributed by atoms with van der Waals surface area (Å²) in [5, 5.41) is 5.45. The molecule has 0 saturated carbocycles. The summed E-state index contributed by atoms with van der Waals surface area (Å²) in [6, 6.07) is 16.9. The molecule has 0 saturated heterocycles. The van der Waals surface area contributed by atoms with E-state index in [4.69, 9.17) is 37.4 Å². The average Bonchev–Trinajstić information content (AvgIpc) is 2.78. The first-order chi connectivity index (χ1) is 15.5. The zero-order chi connectivity index (χ0) is 22.9. The Hall–Kier alpha value is -2.41. The van der Waals surface area contributed by atoms with Gasteiger partial charge >= 0.3 is 0 Å². The van der Waals surface area contributed by atoms with Crippen LogP contribution >= 0.6 is 39.1 Å². The van der Waals surface area contributed by atoms with Crippen LogP contribution in [0.15, 0.2) is 64.2 Å². The molecule has 0 spiro atoms. The summed E-state index contributed by atoms with van der Waals surface area (Å²) in [5.41, 5.74) is 5.75. The number of nitrogens with one attached hydrogen (secondary N) is 1. The van der Waals surface area contributed by atoms with E-state index < -0.39 is 0 Å². The van der Waals surface area contributed by atoms with E-state index in [2.05, 4.69) is 26.5 Å². The van der Waals surface area contributed by atoms with Gasteiger partial charge in [-0.25, -0.2) is 0 Å². The molecular weight excluding hydrogens is 515 g/mol. The van der Waals surface area contributed by atoms with E-state index in [1.54, 1.807) is 25.5 Å². The van der Waals surface area contributed by atoms with Crippen LogP contribution in [-0.4, -0.2) is 19.9 Å². The lowest BCUT2D eigenvalue weighted by molar-refractivity contribution is 0.267. The molecule has 0 atom stereocenters. The van der Waals surface area contributed by atoms with Crippen molar-refractivity contribution in [3.63, 3.8) is 0 Å². The summed E-state index contributed by atoms with van der Waals surface area (Å²) in [6.07, 6.45) is 1.72. The Kier molecular flexibility index (Phi) is 9.09. The van der Waals surface area contributed by atoms with Gasteiger partial charge in [0, 0.05) is 21.2 Å². The van der Waals surface area contributed by atoms with Gasteiger partial charge in [-0.05, 0) is 58.7 Å². The van der Waals surface area contributed by atoms with Crippen LogP contribution in [0.1, 0.15) is 23.6 Å². The molecule has 32 heavy (non-hydrogen) atoms. The molecule has 0 amide bonds. The molecule has 0 aliphatic heterocycles. The summed E-state index contributed by atoms with van der Waals surface area (Å²) < 4.78 is 17.9. The maximum absolute atomic E-state index is 6.26. The average molecular weight is 538 g/mol. The number of nitrogens with zero attached hydrogens (tertiary/aromatic N) is 1. The van der Waals surface area contributed by atoms with Crippen LogP contribution in [0.2, 0.25) is 10.0 Å². The van der Waals surface area contributed by atoms with Crippen LogP contribution in [0.3, 0.4) is 0 Å². The Morgan fingerprint density at radius 2 is 1.81 bits per heavy atom. The minimum Gasteiger partial charge on any atom is -0.496 e. The third-order valence-corrected chi connectivity index (χ3v) is 5.66. The molecule has 168 valence electrons. The summed E-state index contributed by atoms with van der Waals surface area (Å²) in [4.78, 5) is 0. The first-order valence-corrected chi connectivity index (χ1v) is 11.5. The van der Waals surface area contributed by atoms with E-state index in [0.29, 0.717) is 34.7 Å². The molecule has 0 aliphatic carbocycles. The summed E-state index contributed by atoms with van der Waals surface area (Å²) in [6.45, 7) is 3.24. The third kappa shape index (κ3) is 6.55. The van der Waals surface area contributed by atoms with E-state index in [0.717, 1.165) is 26.9 Å². The van der Waals surface area contributed by atoms with Crippen molar-refractivity contribution in [3.8, 4) is 17.2 Å². The van der Waals surface area contributed by atoms with Crippen LogP contribution in [-0.2, 0) is 13.2 Å². The SMILES string of the molecule is CCOc1cc(/C=N\NCc2ccccc2OC)cc(Br)c1OCc1ccc(Cl)cc1Cl. The third-order valence-electron chi connectivity index (χ3n) is 4.49. The summed E-state index contributed by atoms with van der Waals surface area (Å²) in [7, 11) is 1.65. The van der Waals surface area contributed by atoms with Gasteiger partial charge in [0.05, 0.1) is 30.9 Å². The molecule has 0 bridgehead atoms. The normalized spacial score (nSPS) is 10.9. The van der Waals surface area contributed by atoms with Crippen molar-refractivity contribution < 1.29 is 14.2 Å². The maximum atomic E-state index is 6.26. The lowest BCUT2D eigenvalue weighted by Crippen LogP contribution is -2.07. The van der Waals surface area contributed by atoms with Gasteiger partial charge < -0.3 is 19.6 Å². The van der Waals surface area contributed by atoms with Crippen molar-refractivity contribution in [1.82, 2.24) is 5.43 Å². The molecule has 0 heterocycles. The number of hydrogen-bond acceptors (Lipinski definition) is 5. The monoisotopic (exact) mass is 536 g/mol. The van der Waals surface area contributed by atoms with E-state index in [-0.39, 0.29) is 6.61 Å². The molecule has 1 N–H and O–H groups in total. The van der Waals surface area contributed by atoms with Crippen molar-refractivity contribution in [3.05, 3.63) is 85.8 Å². The number of para-hydroxylation sites is 1. The minimum absolute atomic E-state index is 0.280. The lowest BCUT2D eigenvalue weighted by Gasteiger charge is -2.15. The van der Waals surface area contributed by atoms with E-state index >= 15 is 0 Å². The molecule has 0 fully saturated rings. The standard InChI is InChI=1S/C24H23BrCl2N2O3/c1-3-31-23-11-16(13-28-29-14-17-6-4-5-7-22(17)30-2)10-20(25)24(23)32-15-18-8-9-19(26)12-21(18)27/h4-13,29H,3,14-15H2,1-2H3/b28-13-. The Bertz CT molecular complexity index is 1090. The van der Waals surface area contributed by atoms with Gasteiger partial charge in [-0.3, -0.25) is 0 Å². The molecular formula is C24H23BrCl2N2O3. The van der Waals surface area contributed by atoms with Gasteiger partial charge in [0.1, 0.15) is 12.4 Å². The summed E-state index contributed by atoms with van der Waals surface area (Å²) in [5.74, 6) is 2.02. The number of halogens is 3. The number of ether oxygens (including phenoxy) is 3. The number of rotatable bonds is 10. The van der Waals surface area contributed by atoms with Crippen LogP contribution < -0.4 is 19.6 Å². The smallest absolute Gasteiger partial charge is 0.175 e. The highest BCUT2D eigenvalue weighted by molar-refractivity contribution is 9.10. The van der Waals surface area contributed by atoms with Gasteiger partial charge in [0.15, 0.2) is 11.5 Å². The van der Waals surface area contributed by atoms with Crippen molar-refractivity contribution in [2.45, 2.75) is 20.1 Å². The van der Waals surface area contributed by atoms with E-state index in [1.807, 2.05) is 49.4 Å². The first-order valence-electron chi connectivity index (χ1n) is 9.92. The topological polar surface area (TPSA) is 52.1 Å². The number of methoxy groups -OCH3 is 1. The van der Waals surface area contributed by atoms with Crippen LogP contribution in [0, 0.1) is 0 Å². The number of hydrazone groups is 1. The van der Waals surface area contributed by atoms with Crippen LogP contribution in [0.5, 0.6) is 17.2 Å². The van der Waals surface area contributed by atoms with Crippen molar-refractivity contribution in [2.24, 2.45) is 5.10 Å². The fourth-order valence-corrected chi connectivity index (χ4v) is 3.99. The Morgan fingerprint density at radius 1 is 1.00 bits per heavy atom. The maximum Gasteiger partial charge on any atom is 0.175 e. The van der Waals surface area contributed by atoms with Gasteiger partial charge in [-0.15, -0.1) is 0 Å². The van der Waals surface area contributed by atoms with Gasteiger partial charge in [-0.1, -0.05) is 47.5 Å². The highest BCUT2D eigenvalue weighted by atomic mass is 79.9. The number of hydrogen-bond donors (Lipinski definition) is 1. The Morgan fingerprint density at radius 3 is 2.56 bits per heavy atom. The van der Waals surface area contributed by atoms with Crippen molar-refractivity contribution >= 4 is 45.3 Å². The van der Waals surface area contributed by atoms with Crippen LogP contribution in [0.25, 0.3) is 0 Å². The second-order valence-electron chi connectivity index (χ2n) is 6.69. The second kappa shape index (κ2) is 12.0. The minimum atomic E-state index is 0.280. The molecule has 5 nitrogen and oxygen atoms in total. The van der Waals surface area contributed by atoms with Gasteiger partial charge in [0.25, 0.3) is 0 Å². The molecule has 3 rings (SSSR count). The van der Waals surface area contributed by atoms with Gasteiger partial charge in [0.2, 0.25) is 0 Å². The Balaban J connectivity index is 1.70. The summed E-state index contributed by atoms with van der Waals surface area (Å²) >= 11 is 15.8. The van der Waals surface area contributed by atoms with Crippen molar-refractivity contribution in [2.75, 3.05) is 13.7 Å². The molecule has 0 aliphatic rings. The fourth-order valence-electron chi connectivity index (χ4n) is 2.95. The quantitative estimate of drug-likeness (QED) is 0.226. The molecule has 0 unspecified atom stereocenters. The highest BCUT2D eigenvalue weighted by Crippen LogP contribution is 2.37. The zero-order valence-electron chi connectivity index (χ0n) is 17.7. The highest BCUT2D eigenvalue weighted by Gasteiger charge is 2.13. The molecule has 3 aromatic carbocycles. The lowest BCUT2D eigenvalue weighted by atomic mass is 10.2. The van der Waals surface area contributed by atoms with Crippen LogP contribution in [0.4, 0.5) is 0 Å². The molecule has 8 heteroatoms. The second-order valence-corrected chi connectivity index (χ2v) is 8.39. The predicted molar refractivity (Wildman–Crippen MR) is 134 cm³/mol. The zero-order valence-corrected chi connectivity index (χ0v) is 20.8. The Labute approximate surface area is 206 Å².